The van der Waals surface area contributed by atoms with Crippen LogP contribution in [0.25, 0.3) is 0 Å². The van der Waals surface area contributed by atoms with Crippen LogP contribution in [0.3, 0.4) is 0 Å². The predicted molar refractivity (Wildman–Crippen MR) is 103 cm³/mol. The summed E-state index contributed by atoms with van der Waals surface area (Å²) in [6.45, 7) is 5.39. The fourth-order valence-electron chi connectivity index (χ4n) is 4.39. The SMILES string of the molecule is CCN1CCC2(CC1)Oc1ccc(Br)cc1[C@@H]1CC(c3ccco3)=NN12. The molecule has 3 aliphatic rings. The van der Waals surface area contributed by atoms with Crippen molar-refractivity contribution in [3.05, 3.63) is 52.4 Å². The van der Waals surface area contributed by atoms with Crippen LogP contribution >= 0.6 is 15.9 Å². The number of hydrogen-bond acceptors (Lipinski definition) is 5. The third-order valence-corrected chi connectivity index (χ3v) is 6.34. The van der Waals surface area contributed by atoms with E-state index in [1.54, 1.807) is 6.26 Å². The summed E-state index contributed by atoms with van der Waals surface area (Å²) in [4.78, 5) is 2.48. The van der Waals surface area contributed by atoms with E-state index in [2.05, 4.69) is 51.0 Å². The largest absolute Gasteiger partial charge is 0.466 e. The Hall–Kier alpha value is -1.79. The molecule has 6 heteroatoms. The highest BCUT2D eigenvalue weighted by atomic mass is 79.9. The molecule has 2 aromatic rings. The summed E-state index contributed by atoms with van der Waals surface area (Å²) < 4.78 is 13.3. The quantitative estimate of drug-likeness (QED) is 0.728. The van der Waals surface area contributed by atoms with Gasteiger partial charge in [-0.1, -0.05) is 22.9 Å². The zero-order valence-electron chi connectivity index (χ0n) is 14.8. The van der Waals surface area contributed by atoms with Crippen molar-refractivity contribution in [1.82, 2.24) is 9.91 Å². The molecule has 3 aliphatic heterocycles. The third-order valence-electron chi connectivity index (χ3n) is 5.85. The van der Waals surface area contributed by atoms with E-state index in [9.17, 15) is 0 Å². The lowest BCUT2D eigenvalue weighted by atomic mass is 9.91. The predicted octanol–water partition coefficient (Wildman–Crippen LogP) is 4.40. The molecule has 0 aliphatic carbocycles. The average molecular weight is 416 g/mol. The van der Waals surface area contributed by atoms with Gasteiger partial charge in [0.1, 0.15) is 17.2 Å². The first-order chi connectivity index (χ1) is 12.7. The molecule has 0 radical (unpaired) electrons. The van der Waals surface area contributed by atoms with Crippen molar-refractivity contribution in [2.24, 2.45) is 5.10 Å². The Kier molecular flexibility index (Phi) is 3.87. The molecule has 1 saturated heterocycles. The molecule has 1 atom stereocenters. The van der Waals surface area contributed by atoms with Crippen LogP contribution in [-0.4, -0.2) is 41.0 Å². The molecule has 0 amide bonds. The summed E-state index contributed by atoms with van der Waals surface area (Å²) in [6.07, 6.45) is 4.48. The summed E-state index contributed by atoms with van der Waals surface area (Å²) in [6, 6.07) is 10.4. The van der Waals surface area contributed by atoms with Gasteiger partial charge < -0.3 is 14.1 Å². The van der Waals surface area contributed by atoms with Crippen molar-refractivity contribution in [3.8, 4) is 5.75 Å². The number of nitrogens with zero attached hydrogens (tertiary/aromatic N) is 3. The van der Waals surface area contributed by atoms with Gasteiger partial charge in [0.05, 0.1) is 12.3 Å². The molecule has 1 aromatic carbocycles. The summed E-state index contributed by atoms with van der Waals surface area (Å²) in [5.74, 6) is 1.85. The van der Waals surface area contributed by atoms with E-state index in [1.807, 2.05) is 12.1 Å². The van der Waals surface area contributed by atoms with Crippen molar-refractivity contribution in [2.45, 2.75) is 38.0 Å². The number of rotatable bonds is 2. The highest BCUT2D eigenvalue weighted by Gasteiger charge is 2.51. The van der Waals surface area contributed by atoms with Crippen LogP contribution in [0.2, 0.25) is 0 Å². The van der Waals surface area contributed by atoms with Crippen LogP contribution in [-0.2, 0) is 0 Å². The molecule has 136 valence electrons. The van der Waals surface area contributed by atoms with E-state index in [0.717, 1.165) is 60.6 Å². The first-order valence-corrected chi connectivity index (χ1v) is 10.1. The molecular formula is C20H22BrN3O2. The normalized spacial score (nSPS) is 24.2. The van der Waals surface area contributed by atoms with Crippen LogP contribution in [0, 0.1) is 0 Å². The van der Waals surface area contributed by atoms with Gasteiger partial charge in [-0.05, 0) is 36.9 Å². The molecule has 5 nitrogen and oxygen atoms in total. The summed E-state index contributed by atoms with van der Waals surface area (Å²) in [7, 11) is 0. The van der Waals surface area contributed by atoms with Crippen molar-refractivity contribution in [3.63, 3.8) is 0 Å². The summed E-state index contributed by atoms with van der Waals surface area (Å²) in [5, 5.41) is 7.24. The minimum Gasteiger partial charge on any atom is -0.466 e. The van der Waals surface area contributed by atoms with Crippen molar-refractivity contribution in [2.75, 3.05) is 19.6 Å². The molecule has 1 spiro atoms. The molecule has 1 aromatic heterocycles. The van der Waals surface area contributed by atoms with Crippen LogP contribution in [0.5, 0.6) is 5.75 Å². The number of likely N-dealkylation sites (tertiary alicyclic amines) is 1. The maximum atomic E-state index is 6.63. The van der Waals surface area contributed by atoms with Crippen molar-refractivity contribution >= 4 is 21.6 Å². The Bertz CT molecular complexity index is 841. The number of benzene rings is 1. The Morgan fingerprint density at radius 1 is 1.27 bits per heavy atom. The van der Waals surface area contributed by atoms with Gasteiger partial charge in [0.15, 0.2) is 0 Å². The second-order valence-corrected chi connectivity index (χ2v) is 8.17. The molecule has 0 unspecified atom stereocenters. The molecule has 0 bridgehead atoms. The smallest absolute Gasteiger partial charge is 0.200 e. The topological polar surface area (TPSA) is 41.2 Å². The van der Waals surface area contributed by atoms with E-state index < -0.39 is 0 Å². The third kappa shape index (κ3) is 2.50. The highest BCUT2D eigenvalue weighted by molar-refractivity contribution is 9.10. The van der Waals surface area contributed by atoms with E-state index in [-0.39, 0.29) is 11.8 Å². The number of hydrazone groups is 1. The molecular weight excluding hydrogens is 394 g/mol. The van der Waals surface area contributed by atoms with Gasteiger partial charge in [0.25, 0.3) is 0 Å². The fraction of sp³-hybridized carbons (Fsp3) is 0.450. The lowest BCUT2D eigenvalue weighted by Gasteiger charge is -2.51. The zero-order valence-corrected chi connectivity index (χ0v) is 16.4. The van der Waals surface area contributed by atoms with E-state index in [0.29, 0.717) is 0 Å². The molecule has 4 heterocycles. The number of halogens is 1. The van der Waals surface area contributed by atoms with E-state index in [1.165, 1.54) is 5.56 Å². The second-order valence-electron chi connectivity index (χ2n) is 7.25. The Morgan fingerprint density at radius 3 is 2.85 bits per heavy atom. The Balaban J connectivity index is 1.57. The molecule has 1 fully saturated rings. The Morgan fingerprint density at radius 2 is 2.12 bits per heavy atom. The molecule has 0 saturated carbocycles. The molecule has 0 N–H and O–H groups in total. The van der Waals surface area contributed by atoms with Crippen molar-refractivity contribution in [1.29, 1.82) is 0 Å². The van der Waals surface area contributed by atoms with Crippen LogP contribution in [0.15, 0.2) is 50.6 Å². The second kappa shape index (κ2) is 6.13. The van der Waals surface area contributed by atoms with Gasteiger partial charge in [-0.15, -0.1) is 0 Å². The number of furan rings is 1. The average Bonchev–Trinajstić information content (AvgIpc) is 3.33. The monoisotopic (exact) mass is 415 g/mol. The lowest BCUT2D eigenvalue weighted by molar-refractivity contribution is -0.149. The van der Waals surface area contributed by atoms with Crippen LogP contribution in [0.4, 0.5) is 0 Å². The number of fused-ring (bicyclic) bond motifs is 4. The summed E-state index contributed by atoms with van der Waals surface area (Å²) >= 11 is 3.61. The van der Waals surface area contributed by atoms with Gasteiger partial charge >= 0.3 is 0 Å². The van der Waals surface area contributed by atoms with E-state index in [4.69, 9.17) is 14.3 Å². The number of ether oxygens (including phenoxy) is 1. The molecule has 26 heavy (non-hydrogen) atoms. The Labute approximate surface area is 161 Å². The minimum absolute atomic E-state index is 0.199. The van der Waals surface area contributed by atoms with Crippen LogP contribution in [0.1, 0.15) is 43.6 Å². The first-order valence-electron chi connectivity index (χ1n) is 9.30. The minimum atomic E-state index is -0.356. The van der Waals surface area contributed by atoms with Gasteiger partial charge in [-0.2, -0.15) is 5.10 Å². The van der Waals surface area contributed by atoms with Gasteiger partial charge in [0, 0.05) is 42.4 Å². The van der Waals surface area contributed by atoms with Gasteiger partial charge in [-0.3, -0.25) is 0 Å². The van der Waals surface area contributed by atoms with Gasteiger partial charge in [-0.25, -0.2) is 5.01 Å². The van der Waals surface area contributed by atoms with E-state index >= 15 is 0 Å². The first kappa shape index (κ1) is 16.4. The maximum Gasteiger partial charge on any atom is 0.200 e. The molecule has 5 rings (SSSR count). The lowest BCUT2D eigenvalue weighted by Crippen LogP contribution is -2.59. The fourth-order valence-corrected chi connectivity index (χ4v) is 4.77. The standard InChI is InChI=1S/C20H22BrN3O2/c1-2-23-9-7-20(8-10-23)24-17(13-16(22-24)19-4-3-11-25-19)15-12-14(21)5-6-18(15)26-20/h3-6,11-12,17H,2,7-10,13H2,1H3/t17-/m0/s1. The van der Waals surface area contributed by atoms with Crippen LogP contribution < -0.4 is 4.74 Å². The number of piperidine rings is 1. The highest BCUT2D eigenvalue weighted by Crippen LogP contribution is 2.50. The number of hydrogen-bond donors (Lipinski definition) is 0. The van der Waals surface area contributed by atoms with Crippen molar-refractivity contribution < 1.29 is 9.15 Å². The summed E-state index contributed by atoms with van der Waals surface area (Å²) in [5.41, 5.74) is 1.85. The van der Waals surface area contributed by atoms with Gasteiger partial charge in [0.2, 0.25) is 5.72 Å². The maximum absolute atomic E-state index is 6.63. The zero-order chi connectivity index (χ0) is 17.7.